The van der Waals surface area contributed by atoms with Gasteiger partial charge in [0.05, 0.1) is 0 Å². The summed E-state index contributed by atoms with van der Waals surface area (Å²) in [4.78, 5) is 16.3. The first kappa shape index (κ1) is 21.7. The molecule has 6 heteroatoms. The molecule has 1 heterocycles. The molecule has 1 amide bonds. The Morgan fingerprint density at radius 3 is 2.67 bits per heavy atom. The van der Waals surface area contributed by atoms with Crippen molar-refractivity contribution in [3.8, 4) is 0 Å². The molecule has 0 aliphatic heterocycles. The zero-order valence-corrected chi connectivity index (χ0v) is 16.9. The molecule has 1 fully saturated rings. The van der Waals surface area contributed by atoms with Gasteiger partial charge in [0.1, 0.15) is 0 Å². The summed E-state index contributed by atoms with van der Waals surface area (Å²) in [5, 5.41) is 3.94. The SMILES string of the molecule is Cl.NC[C@]1(c2cccc(Cl)c2)CC[C@H](NC(=O)CCc2cccnc2)CC1. The third kappa shape index (κ3) is 5.68. The van der Waals surface area contributed by atoms with Crippen LogP contribution in [0.2, 0.25) is 5.02 Å². The van der Waals surface area contributed by atoms with E-state index in [4.69, 9.17) is 17.3 Å². The Bertz CT molecular complexity index is 731. The quantitative estimate of drug-likeness (QED) is 0.758. The number of aromatic nitrogens is 1. The Balaban J connectivity index is 0.00000261. The molecule has 1 saturated carbocycles. The van der Waals surface area contributed by atoms with Crippen molar-refractivity contribution in [3.63, 3.8) is 0 Å². The largest absolute Gasteiger partial charge is 0.353 e. The fourth-order valence-electron chi connectivity index (χ4n) is 3.85. The Morgan fingerprint density at radius 2 is 2.04 bits per heavy atom. The van der Waals surface area contributed by atoms with Gasteiger partial charge in [-0.15, -0.1) is 12.4 Å². The molecule has 0 bridgehead atoms. The Hall–Kier alpha value is -1.62. The minimum atomic E-state index is -0.0260. The zero-order valence-electron chi connectivity index (χ0n) is 15.4. The number of amides is 1. The van der Waals surface area contributed by atoms with Crippen LogP contribution in [0.15, 0.2) is 48.8 Å². The number of hydrogen-bond acceptors (Lipinski definition) is 3. The van der Waals surface area contributed by atoms with Crippen molar-refractivity contribution in [2.24, 2.45) is 5.73 Å². The fraction of sp³-hybridized carbons (Fsp3) is 0.429. The van der Waals surface area contributed by atoms with Crippen LogP contribution in [0.25, 0.3) is 0 Å². The minimum Gasteiger partial charge on any atom is -0.353 e. The van der Waals surface area contributed by atoms with Gasteiger partial charge in [-0.2, -0.15) is 0 Å². The number of halogens is 2. The summed E-state index contributed by atoms with van der Waals surface area (Å²) in [5.41, 5.74) is 8.43. The molecule has 3 N–H and O–H groups in total. The van der Waals surface area contributed by atoms with Crippen LogP contribution in [0, 0.1) is 0 Å². The second-order valence-electron chi connectivity index (χ2n) is 7.20. The maximum atomic E-state index is 12.3. The van der Waals surface area contributed by atoms with Gasteiger partial charge < -0.3 is 11.1 Å². The summed E-state index contributed by atoms with van der Waals surface area (Å²) in [5.74, 6) is 0.113. The maximum Gasteiger partial charge on any atom is 0.220 e. The van der Waals surface area contributed by atoms with Gasteiger partial charge in [-0.1, -0.05) is 29.8 Å². The predicted octanol–water partition coefficient (Wildman–Crippen LogP) is 4.04. The topological polar surface area (TPSA) is 68.0 Å². The van der Waals surface area contributed by atoms with E-state index in [1.165, 1.54) is 5.56 Å². The summed E-state index contributed by atoms with van der Waals surface area (Å²) < 4.78 is 0. The van der Waals surface area contributed by atoms with Crippen molar-refractivity contribution >= 4 is 29.9 Å². The first-order chi connectivity index (χ1) is 12.6. The molecular formula is C21H27Cl2N3O. The van der Waals surface area contributed by atoms with Crippen LogP contribution in [-0.2, 0) is 16.6 Å². The molecule has 0 atom stereocenters. The molecule has 146 valence electrons. The maximum absolute atomic E-state index is 12.3. The number of pyridine rings is 1. The van der Waals surface area contributed by atoms with E-state index in [0.717, 1.165) is 42.7 Å². The van der Waals surface area contributed by atoms with Crippen molar-refractivity contribution in [3.05, 3.63) is 64.9 Å². The third-order valence-electron chi connectivity index (χ3n) is 5.50. The van der Waals surface area contributed by atoms with Crippen LogP contribution >= 0.6 is 24.0 Å². The smallest absolute Gasteiger partial charge is 0.220 e. The molecule has 3 rings (SSSR count). The highest BCUT2D eigenvalue weighted by Gasteiger charge is 2.36. The van der Waals surface area contributed by atoms with Gasteiger partial charge in [-0.3, -0.25) is 9.78 Å². The second kappa shape index (κ2) is 10.1. The highest BCUT2D eigenvalue weighted by molar-refractivity contribution is 6.30. The van der Waals surface area contributed by atoms with E-state index in [1.807, 2.05) is 36.5 Å². The molecule has 27 heavy (non-hydrogen) atoms. The molecule has 1 aromatic heterocycles. The lowest BCUT2D eigenvalue weighted by molar-refractivity contribution is -0.122. The van der Waals surface area contributed by atoms with Gasteiger partial charge in [0.15, 0.2) is 0 Å². The highest BCUT2D eigenvalue weighted by atomic mass is 35.5. The normalized spacial score (nSPS) is 21.9. The molecule has 1 aromatic carbocycles. The summed E-state index contributed by atoms with van der Waals surface area (Å²) in [6.45, 7) is 0.606. The van der Waals surface area contributed by atoms with Gasteiger partial charge in [-0.05, 0) is 61.4 Å². The molecule has 2 aromatic rings. The molecule has 0 saturated heterocycles. The van der Waals surface area contributed by atoms with Crippen LogP contribution in [0.5, 0.6) is 0 Å². The third-order valence-corrected chi connectivity index (χ3v) is 5.73. The first-order valence-corrected chi connectivity index (χ1v) is 9.63. The summed E-state index contributed by atoms with van der Waals surface area (Å²) >= 11 is 6.16. The fourth-order valence-corrected chi connectivity index (χ4v) is 4.04. The molecular weight excluding hydrogens is 381 g/mol. The first-order valence-electron chi connectivity index (χ1n) is 9.26. The van der Waals surface area contributed by atoms with Gasteiger partial charge in [-0.25, -0.2) is 0 Å². The average Bonchev–Trinajstić information content (AvgIpc) is 2.68. The summed E-state index contributed by atoms with van der Waals surface area (Å²) in [6, 6.07) is 12.2. The van der Waals surface area contributed by atoms with E-state index in [0.29, 0.717) is 13.0 Å². The number of carbonyl (C=O) groups is 1. The Kier molecular flexibility index (Phi) is 8.08. The van der Waals surface area contributed by atoms with Crippen LogP contribution < -0.4 is 11.1 Å². The molecule has 0 radical (unpaired) electrons. The lowest BCUT2D eigenvalue weighted by Crippen LogP contribution is -2.45. The van der Waals surface area contributed by atoms with E-state index < -0.39 is 0 Å². The standard InChI is InChI=1S/C21H26ClN3O.ClH/c22-18-5-1-4-17(13-18)21(15-23)10-8-19(9-11-21)25-20(26)7-6-16-3-2-12-24-14-16;/h1-5,12-14,19H,6-11,15,23H2,(H,25,26);1H/t19-,21-;. The number of hydrogen-bond donors (Lipinski definition) is 2. The Labute approximate surface area is 172 Å². The van der Waals surface area contributed by atoms with Crippen LogP contribution in [0.3, 0.4) is 0 Å². The second-order valence-corrected chi connectivity index (χ2v) is 7.63. The molecule has 1 aliphatic carbocycles. The molecule has 1 aliphatic rings. The van der Waals surface area contributed by atoms with E-state index in [-0.39, 0.29) is 29.8 Å². The minimum absolute atomic E-state index is 0. The van der Waals surface area contributed by atoms with Crippen molar-refractivity contribution in [2.75, 3.05) is 6.54 Å². The number of rotatable bonds is 6. The number of carbonyl (C=O) groups excluding carboxylic acids is 1. The lowest BCUT2D eigenvalue weighted by Gasteiger charge is -2.40. The molecule has 4 nitrogen and oxygen atoms in total. The van der Waals surface area contributed by atoms with Gasteiger partial charge in [0.25, 0.3) is 0 Å². The predicted molar refractivity (Wildman–Crippen MR) is 112 cm³/mol. The van der Waals surface area contributed by atoms with E-state index in [2.05, 4.69) is 16.4 Å². The Morgan fingerprint density at radius 1 is 1.26 bits per heavy atom. The van der Waals surface area contributed by atoms with E-state index in [1.54, 1.807) is 6.20 Å². The van der Waals surface area contributed by atoms with Crippen molar-refractivity contribution < 1.29 is 4.79 Å². The van der Waals surface area contributed by atoms with Crippen molar-refractivity contribution in [1.82, 2.24) is 10.3 Å². The number of nitrogens with one attached hydrogen (secondary N) is 1. The van der Waals surface area contributed by atoms with Crippen LogP contribution in [0.4, 0.5) is 0 Å². The lowest BCUT2D eigenvalue weighted by atomic mass is 9.68. The summed E-state index contributed by atoms with van der Waals surface area (Å²) in [7, 11) is 0. The molecule has 0 unspecified atom stereocenters. The zero-order chi connectivity index (χ0) is 18.4. The van der Waals surface area contributed by atoms with E-state index >= 15 is 0 Å². The van der Waals surface area contributed by atoms with Crippen molar-refractivity contribution in [1.29, 1.82) is 0 Å². The molecule has 0 spiro atoms. The number of aryl methyl sites for hydroxylation is 1. The summed E-state index contributed by atoms with van der Waals surface area (Å²) in [6.07, 6.45) is 8.61. The van der Waals surface area contributed by atoms with Crippen molar-refractivity contribution in [2.45, 2.75) is 50.0 Å². The van der Waals surface area contributed by atoms with Crippen LogP contribution in [-0.4, -0.2) is 23.5 Å². The average molecular weight is 408 g/mol. The monoisotopic (exact) mass is 407 g/mol. The van der Waals surface area contributed by atoms with Crippen LogP contribution in [0.1, 0.15) is 43.2 Å². The number of nitrogens with zero attached hydrogens (tertiary/aromatic N) is 1. The highest BCUT2D eigenvalue weighted by Crippen LogP contribution is 2.39. The van der Waals surface area contributed by atoms with Gasteiger partial charge >= 0.3 is 0 Å². The van der Waals surface area contributed by atoms with Gasteiger partial charge in [0, 0.05) is 41.8 Å². The van der Waals surface area contributed by atoms with E-state index in [9.17, 15) is 4.79 Å². The number of nitrogens with two attached hydrogens (primary N) is 1. The van der Waals surface area contributed by atoms with Gasteiger partial charge in [0.2, 0.25) is 5.91 Å². The number of benzene rings is 1.